The summed E-state index contributed by atoms with van der Waals surface area (Å²) in [6.07, 6.45) is 0.889. The van der Waals surface area contributed by atoms with Crippen molar-refractivity contribution in [2.24, 2.45) is 0 Å². The average molecular weight is 261 g/mol. The number of benzene rings is 1. The van der Waals surface area contributed by atoms with Gasteiger partial charge in [-0.2, -0.15) is 0 Å². The first-order valence-corrected chi connectivity index (χ1v) is 6.61. The molecule has 0 aliphatic heterocycles. The van der Waals surface area contributed by atoms with Gasteiger partial charge in [0.25, 0.3) is 0 Å². The molecule has 1 heterocycles. The SMILES string of the molecule is Cc1cc(C(C)NCCc2ccc(F)cc2)c(C)o1. The van der Waals surface area contributed by atoms with Crippen LogP contribution in [0.1, 0.15) is 35.6 Å². The zero-order chi connectivity index (χ0) is 13.8. The molecule has 2 nitrogen and oxygen atoms in total. The minimum absolute atomic E-state index is 0.186. The fourth-order valence-corrected chi connectivity index (χ4v) is 2.27. The van der Waals surface area contributed by atoms with Gasteiger partial charge >= 0.3 is 0 Å². The van der Waals surface area contributed by atoms with Crippen LogP contribution in [0.15, 0.2) is 34.7 Å². The fourth-order valence-electron chi connectivity index (χ4n) is 2.27. The second-order valence-corrected chi connectivity index (χ2v) is 4.92. The molecule has 1 N–H and O–H groups in total. The molecule has 0 aliphatic rings. The molecule has 0 saturated heterocycles. The molecule has 2 aromatic rings. The Morgan fingerprint density at radius 3 is 2.47 bits per heavy atom. The van der Waals surface area contributed by atoms with Crippen molar-refractivity contribution in [3.63, 3.8) is 0 Å². The zero-order valence-electron chi connectivity index (χ0n) is 11.7. The normalized spacial score (nSPS) is 12.6. The molecular formula is C16H20FNO. The quantitative estimate of drug-likeness (QED) is 0.882. The summed E-state index contributed by atoms with van der Waals surface area (Å²) in [5.41, 5.74) is 2.35. The average Bonchev–Trinajstić information content (AvgIpc) is 2.71. The van der Waals surface area contributed by atoms with Crippen molar-refractivity contribution in [2.75, 3.05) is 6.54 Å². The first kappa shape index (κ1) is 13.8. The lowest BCUT2D eigenvalue weighted by molar-refractivity contribution is 0.490. The maximum Gasteiger partial charge on any atom is 0.123 e. The smallest absolute Gasteiger partial charge is 0.123 e. The monoisotopic (exact) mass is 261 g/mol. The Bertz CT molecular complexity index is 530. The second kappa shape index (κ2) is 6.02. The van der Waals surface area contributed by atoms with Crippen molar-refractivity contribution >= 4 is 0 Å². The van der Waals surface area contributed by atoms with Crippen LogP contribution in [0.4, 0.5) is 4.39 Å². The van der Waals surface area contributed by atoms with E-state index in [-0.39, 0.29) is 11.9 Å². The standard InChI is InChI=1S/C16H20FNO/c1-11-10-16(13(3)19-11)12(2)18-9-8-14-4-6-15(17)7-5-14/h4-7,10,12,18H,8-9H2,1-3H3. The van der Waals surface area contributed by atoms with Crippen molar-refractivity contribution < 1.29 is 8.81 Å². The number of halogens is 1. The largest absolute Gasteiger partial charge is 0.466 e. The third kappa shape index (κ3) is 3.67. The lowest BCUT2D eigenvalue weighted by atomic mass is 10.1. The van der Waals surface area contributed by atoms with Crippen LogP contribution in [0.3, 0.4) is 0 Å². The van der Waals surface area contributed by atoms with Crippen LogP contribution in [0.2, 0.25) is 0 Å². The number of nitrogens with one attached hydrogen (secondary N) is 1. The molecule has 102 valence electrons. The third-order valence-electron chi connectivity index (χ3n) is 3.32. The molecule has 0 saturated carbocycles. The molecule has 1 atom stereocenters. The summed E-state index contributed by atoms with van der Waals surface area (Å²) in [7, 11) is 0. The predicted molar refractivity (Wildman–Crippen MR) is 74.7 cm³/mol. The molecule has 0 fully saturated rings. The van der Waals surface area contributed by atoms with Crippen molar-refractivity contribution in [3.05, 3.63) is 58.8 Å². The molecule has 19 heavy (non-hydrogen) atoms. The van der Waals surface area contributed by atoms with Gasteiger partial charge in [0, 0.05) is 11.6 Å². The van der Waals surface area contributed by atoms with E-state index in [2.05, 4.69) is 18.3 Å². The lowest BCUT2D eigenvalue weighted by Gasteiger charge is -2.13. The Kier molecular flexibility index (Phi) is 4.38. The highest BCUT2D eigenvalue weighted by molar-refractivity contribution is 5.23. The molecule has 3 heteroatoms. The minimum atomic E-state index is -0.186. The van der Waals surface area contributed by atoms with Gasteiger partial charge in [0.05, 0.1) is 0 Å². The fraction of sp³-hybridized carbons (Fsp3) is 0.375. The molecule has 2 rings (SSSR count). The number of hydrogen-bond donors (Lipinski definition) is 1. The Labute approximate surface area is 113 Å². The Hall–Kier alpha value is -1.61. The van der Waals surface area contributed by atoms with E-state index in [4.69, 9.17) is 4.42 Å². The molecular weight excluding hydrogens is 241 g/mol. The Balaban J connectivity index is 1.85. The Morgan fingerprint density at radius 1 is 1.21 bits per heavy atom. The van der Waals surface area contributed by atoms with Gasteiger partial charge in [-0.25, -0.2) is 4.39 Å². The van der Waals surface area contributed by atoms with Crippen molar-refractivity contribution in [1.29, 1.82) is 0 Å². The van der Waals surface area contributed by atoms with Crippen LogP contribution in [0, 0.1) is 19.7 Å². The summed E-state index contributed by atoms with van der Waals surface area (Å²) in [6.45, 7) is 6.93. The van der Waals surface area contributed by atoms with E-state index < -0.39 is 0 Å². The summed E-state index contributed by atoms with van der Waals surface area (Å²) in [5.74, 6) is 1.73. The van der Waals surface area contributed by atoms with Crippen LogP contribution in [0.25, 0.3) is 0 Å². The molecule has 0 aliphatic carbocycles. The van der Waals surface area contributed by atoms with E-state index in [0.717, 1.165) is 30.0 Å². The summed E-state index contributed by atoms with van der Waals surface area (Å²) in [6, 6.07) is 9.00. The van der Waals surface area contributed by atoms with Gasteiger partial charge in [-0.1, -0.05) is 12.1 Å². The maximum atomic E-state index is 12.8. The van der Waals surface area contributed by atoms with Crippen LogP contribution in [0.5, 0.6) is 0 Å². The first-order valence-electron chi connectivity index (χ1n) is 6.61. The number of furan rings is 1. The number of hydrogen-bond acceptors (Lipinski definition) is 2. The predicted octanol–water partition coefficient (Wildman–Crippen LogP) is 3.93. The van der Waals surface area contributed by atoms with Gasteiger partial charge in [-0.15, -0.1) is 0 Å². The topological polar surface area (TPSA) is 25.2 Å². The van der Waals surface area contributed by atoms with Gasteiger partial charge in [0.15, 0.2) is 0 Å². The van der Waals surface area contributed by atoms with Crippen LogP contribution >= 0.6 is 0 Å². The number of aryl methyl sites for hydroxylation is 2. The van der Waals surface area contributed by atoms with E-state index in [9.17, 15) is 4.39 Å². The van der Waals surface area contributed by atoms with E-state index in [0.29, 0.717) is 0 Å². The maximum absolute atomic E-state index is 12.8. The first-order chi connectivity index (χ1) is 9.06. The highest BCUT2D eigenvalue weighted by atomic mass is 19.1. The number of rotatable bonds is 5. The molecule has 1 unspecified atom stereocenters. The molecule has 0 bridgehead atoms. The molecule has 0 amide bonds. The minimum Gasteiger partial charge on any atom is -0.466 e. The van der Waals surface area contributed by atoms with Crippen LogP contribution < -0.4 is 5.32 Å². The molecule has 0 radical (unpaired) electrons. The van der Waals surface area contributed by atoms with Gasteiger partial charge in [0.2, 0.25) is 0 Å². The van der Waals surface area contributed by atoms with Crippen molar-refractivity contribution in [1.82, 2.24) is 5.32 Å². The highest BCUT2D eigenvalue weighted by Gasteiger charge is 2.11. The summed E-state index contributed by atoms with van der Waals surface area (Å²) in [4.78, 5) is 0. The lowest BCUT2D eigenvalue weighted by Crippen LogP contribution is -2.21. The van der Waals surface area contributed by atoms with E-state index in [1.165, 1.54) is 17.7 Å². The summed E-state index contributed by atoms with van der Waals surface area (Å²) >= 11 is 0. The molecule has 0 spiro atoms. The second-order valence-electron chi connectivity index (χ2n) is 4.92. The van der Waals surface area contributed by atoms with Crippen LogP contribution in [-0.2, 0) is 6.42 Å². The van der Waals surface area contributed by atoms with E-state index >= 15 is 0 Å². The highest BCUT2D eigenvalue weighted by Crippen LogP contribution is 2.20. The summed E-state index contributed by atoms with van der Waals surface area (Å²) < 4.78 is 18.3. The third-order valence-corrected chi connectivity index (χ3v) is 3.32. The van der Waals surface area contributed by atoms with Gasteiger partial charge < -0.3 is 9.73 Å². The zero-order valence-corrected chi connectivity index (χ0v) is 11.7. The summed E-state index contributed by atoms with van der Waals surface area (Å²) in [5, 5.41) is 3.46. The van der Waals surface area contributed by atoms with E-state index in [1.807, 2.05) is 26.0 Å². The van der Waals surface area contributed by atoms with Gasteiger partial charge in [-0.3, -0.25) is 0 Å². The van der Waals surface area contributed by atoms with E-state index in [1.54, 1.807) is 0 Å². The van der Waals surface area contributed by atoms with Gasteiger partial charge in [-0.05, 0) is 57.5 Å². The van der Waals surface area contributed by atoms with Crippen molar-refractivity contribution in [3.8, 4) is 0 Å². The van der Waals surface area contributed by atoms with Crippen LogP contribution in [-0.4, -0.2) is 6.54 Å². The van der Waals surface area contributed by atoms with Gasteiger partial charge in [0.1, 0.15) is 17.3 Å². The van der Waals surface area contributed by atoms with Crippen molar-refractivity contribution in [2.45, 2.75) is 33.2 Å². The molecule has 1 aromatic carbocycles. The Morgan fingerprint density at radius 2 is 1.89 bits per heavy atom. The molecule has 1 aromatic heterocycles.